The topological polar surface area (TPSA) is 63.1 Å². The Balaban J connectivity index is 1.63. The van der Waals surface area contributed by atoms with E-state index in [1.165, 1.54) is 0 Å². The molecule has 144 valence electrons. The summed E-state index contributed by atoms with van der Waals surface area (Å²) in [6.07, 6.45) is 4.75. The second-order valence-corrected chi connectivity index (χ2v) is 7.36. The Morgan fingerprint density at radius 2 is 1.39 bits per heavy atom. The number of nitrogens with one attached hydrogen (secondary N) is 2. The molecule has 0 unspecified atom stereocenters. The lowest BCUT2D eigenvalue weighted by Crippen LogP contribution is -2.42. The molecule has 1 heterocycles. The Morgan fingerprint density at radius 3 is 1.96 bits per heavy atom. The van der Waals surface area contributed by atoms with Crippen LogP contribution in [0.3, 0.4) is 0 Å². The first-order chi connectivity index (χ1) is 13.4. The van der Waals surface area contributed by atoms with Crippen molar-refractivity contribution >= 4 is 17.5 Å². The molecule has 0 bridgehead atoms. The fraction of sp³-hybridized carbons (Fsp3) is 0.217. The minimum atomic E-state index is -0.253. The molecule has 0 spiro atoms. The SMILES string of the molecule is CCC(C)(C)NC(=O)c1ccc(NC(=O)c2ccc(-n3cccc3)cc2)cc1. The van der Waals surface area contributed by atoms with Crippen LogP contribution < -0.4 is 10.6 Å². The van der Waals surface area contributed by atoms with Crippen molar-refractivity contribution in [3.05, 3.63) is 84.2 Å². The molecule has 0 saturated carbocycles. The van der Waals surface area contributed by atoms with Crippen LogP contribution in [0.4, 0.5) is 5.69 Å². The molecule has 28 heavy (non-hydrogen) atoms. The van der Waals surface area contributed by atoms with E-state index in [0.29, 0.717) is 16.8 Å². The molecule has 0 saturated heterocycles. The van der Waals surface area contributed by atoms with Gasteiger partial charge in [0.15, 0.2) is 0 Å². The van der Waals surface area contributed by atoms with Crippen LogP contribution in [0.5, 0.6) is 0 Å². The van der Waals surface area contributed by atoms with Gasteiger partial charge in [-0.1, -0.05) is 6.92 Å². The molecule has 0 radical (unpaired) electrons. The van der Waals surface area contributed by atoms with Gasteiger partial charge in [0, 0.05) is 40.4 Å². The lowest BCUT2D eigenvalue weighted by molar-refractivity contribution is 0.0911. The molecule has 2 aromatic carbocycles. The largest absolute Gasteiger partial charge is 0.347 e. The number of carbonyl (C=O) groups is 2. The highest BCUT2D eigenvalue weighted by molar-refractivity contribution is 6.04. The molecular weight excluding hydrogens is 350 g/mol. The zero-order valence-corrected chi connectivity index (χ0v) is 16.4. The van der Waals surface area contributed by atoms with E-state index < -0.39 is 0 Å². The molecule has 3 aromatic rings. The van der Waals surface area contributed by atoms with Crippen LogP contribution in [0.15, 0.2) is 73.1 Å². The summed E-state index contributed by atoms with van der Waals surface area (Å²) in [5.74, 6) is -0.311. The van der Waals surface area contributed by atoms with Crippen LogP contribution in [-0.4, -0.2) is 21.9 Å². The van der Waals surface area contributed by atoms with Gasteiger partial charge in [-0.3, -0.25) is 9.59 Å². The molecule has 5 nitrogen and oxygen atoms in total. The average molecular weight is 375 g/mol. The number of hydrogen-bond acceptors (Lipinski definition) is 2. The van der Waals surface area contributed by atoms with Gasteiger partial charge in [-0.2, -0.15) is 0 Å². The molecule has 0 atom stereocenters. The van der Waals surface area contributed by atoms with Crippen LogP contribution >= 0.6 is 0 Å². The Labute approximate surface area is 165 Å². The Hall–Kier alpha value is -3.34. The minimum absolute atomic E-state index is 0.120. The first kappa shape index (κ1) is 19.4. The van der Waals surface area contributed by atoms with E-state index in [9.17, 15) is 9.59 Å². The van der Waals surface area contributed by atoms with E-state index in [4.69, 9.17) is 0 Å². The molecule has 5 heteroatoms. The van der Waals surface area contributed by atoms with Gasteiger partial charge in [-0.15, -0.1) is 0 Å². The Kier molecular flexibility index (Phi) is 5.64. The maximum absolute atomic E-state index is 12.5. The lowest BCUT2D eigenvalue weighted by atomic mass is 10.0. The van der Waals surface area contributed by atoms with Crippen LogP contribution in [0.2, 0.25) is 0 Å². The third kappa shape index (κ3) is 4.68. The number of rotatable bonds is 6. The maximum atomic E-state index is 12.5. The molecular formula is C23H25N3O2. The number of nitrogens with zero attached hydrogens (tertiary/aromatic N) is 1. The van der Waals surface area contributed by atoms with Crippen LogP contribution in [0.1, 0.15) is 47.9 Å². The monoisotopic (exact) mass is 375 g/mol. The van der Waals surface area contributed by atoms with E-state index in [2.05, 4.69) is 10.6 Å². The molecule has 0 aliphatic heterocycles. The van der Waals surface area contributed by atoms with Crippen molar-refractivity contribution in [2.75, 3.05) is 5.32 Å². The number of hydrogen-bond donors (Lipinski definition) is 2. The highest BCUT2D eigenvalue weighted by Gasteiger charge is 2.18. The van der Waals surface area contributed by atoms with Gasteiger partial charge in [0.2, 0.25) is 0 Å². The van der Waals surface area contributed by atoms with E-state index >= 15 is 0 Å². The molecule has 2 N–H and O–H groups in total. The van der Waals surface area contributed by atoms with E-state index in [-0.39, 0.29) is 17.4 Å². The second kappa shape index (κ2) is 8.13. The number of amides is 2. The van der Waals surface area contributed by atoms with Gasteiger partial charge >= 0.3 is 0 Å². The summed E-state index contributed by atoms with van der Waals surface area (Å²) >= 11 is 0. The van der Waals surface area contributed by atoms with Gasteiger partial charge in [-0.25, -0.2) is 0 Å². The van der Waals surface area contributed by atoms with Crippen molar-refractivity contribution in [1.29, 1.82) is 0 Å². The Morgan fingerprint density at radius 1 is 0.857 bits per heavy atom. The fourth-order valence-corrected chi connectivity index (χ4v) is 2.67. The lowest BCUT2D eigenvalue weighted by Gasteiger charge is -2.24. The van der Waals surface area contributed by atoms with Gasteiger partial charge in [0.1, 0.15) is 0 Å². The normalized spacial score (nSPS) is 11.1. The molecule has 0 aliphatic carbocycles. The first-order valence-corrected chi connectivity index (χ1v) is 9.35. The van der Waals surface area contributed by atoms with E-state index in [1.807, 2.05) is 62.0 Å². The van der Waals surface area contributed by atoms with Crippen molar-refractivity contribution < 1.29 is 9.59 Å². The summed E-state index contributed by atoms with van der Waals surface area (Å²) in [6.45, 7) is 6.01. The van der Waals surface area contributed by atoms with Crippen molar-refractivity contribution in [2.24, 2.45) is 0 Å². The van der Waals surface area contributed by atoms with Gasteiger partial charge in [0.05, 0.1) is 0 Å². The summed E-state index contributed by atoms with van der Waals surface area (Å²) in [6, 6.07) is 18.2. The van der Waals surface area contributed by atoms with Crippen LogP contribution in [-0.2, 0) is 0 Å². The zero-order valence-electron chi connectivity index (χ0n) is 16.4. The second-order valence-electron chi connectivity index (χ2n) is 7.36. The highest BCUT2D eigenvalue weighted by atomic mass is 16.2. The Bertz CT molecular complexity index is 941. The maximum Gasteiger partial charge on any atom is 0.255 e. The van der Waals surface area contributed by atoms with Crippen molar-refractivity contribution in [2.45, 2.75) is 32.7 Å². The van der Waals surface area contributed by atoms with Crippen LogP contribution in [0.25, 0.3) is 5.69 Å². The summed E-state index contributed by atoms with van der Waals surface area (Å²) in [5.41, 5.74) is 2.52. The molecule has 0 fully saturated rings. The number of benzene rings is 2. The van der Waals surface area contributed by atoms with Crippen LogP contribution in [0, 0.1) is 0 Å². The fourth-order valence-electron chi connectivity index (χ4n) is 2.67. The number of anilines is 1. The summed E-state index contributed by atoms with van der Waals surface area (Å²) in [4.78, 5) is 24.8. The highest BCUT2D eigenvalue weighted by Crippen LogP contribution is 2.15. The predicted octanol–water partition coefficient (Wildman–Crippen LogP) is 4.65. The van der Waals surface area contributed by atoms with Crippen molar-refractivity contribution in [3.8, 4) is 5.69 Å². The van der Waals surface area contributed by atoms with E-state index in [1.54, 1.807) is 36.4 Å². The standard InChI is InChI=1S/C23H25N3O2/c1-4-23(2,3)25-22(28)18-7-11-19(12-8-18)24-21(27)17-9-13-20(14-10-17)26-15-5-6-16-26/h5-16H,4H2,1-3H3,(H,24,27)(H,25,28). The summed E-state index contributed by atoms with van der Waals surface area (Å²) in [7, 11) is 0. The van der Waals surface area contributed by atoms with Gasteiger partial charge < -0.3 is 15.2 Å². The average Bonchev–Trinajstić information content (AvgIpc) is 3.23. The molecule has 1 aromatic heterocycles. The first-order valence-electron chi connectivity index (χ1n) is 9.35. The van der Waals surface area contributed by atoms with Crippen molar-refractivity contribution in [1.82, 2.24) is 9.88 Å². The molecule has 0 aliphatic rings. The third-order valence-electron chi connectivity index (χ3n) is 4.77. The smallest absolute Gasteiger partial charge is 0.255 e. The quantitative estimate of drug-likeness (QED) is 0.659. The molecule has 3 rings (SSSR count). The van der Waals surface area contributed by atoms with Crippen molar-refractivity contribution in [3.63, 3.8) is 0 Å². The summed E-state index contributed by atoms with van der Waals surface area (Å²) < 4.78 is 1.98. The van der Waals surface area contributed by atoms with E-state index in [0.717, 1.165) is 12.1 Å². The predicted molar refractivity (Wildman–Crippen MR) is 112 cm³/mol. The minimum Gasteiger partial charge on any atom is -0.347 e. The number of carbonyl (C=O) groups excluding carboxylic acids is 2. The van der Waals surface area contributed by atoms with Gasteiger partial charge in [-0.05, 0) is 80.9 Å². The molecule has 2 amide bonds. The van der Waals surface area contributed by atoms with Gasteiger partial charge in [0.25, 0.3) is 11.8 Å². The zero-order chi connectivity index (χ0) is 20.1. The third-order valence-corrected chi connectivity index (χ3v) is 4.77. The number of aromatic nitrogens is 1. The summed E-state index contributed by atoms with van der Waals surface area (Å²) in [5, 5.41) is 5.86.